The van der Waals surface area contributed by atoms with Gasteiger partial charge in [0.25, 0.3) is 0 Å². The Morgan fingerprint density at radius 1 is 1.50 bits per heavy atom. The molecule has 0 N–H and O–H groups in total. The molecule has 0 aliphatic rings. The Labute approximate surface area is 59.9 Å². The van der Waals surface area contributed by atoms with Gasteiger partial charge in [0.2, 0.25) is 0 Å². The first-order valence-electron chi connectivity index (χ1n) is 2.74. The van der Waals surface area contributed by atoms with E-state index < -0.39 is 12.3 Å². The van der Waals surface area contributed by atoms with Crippen LogP contribution in [0.3, 0.4) is 0 Å². The van der Waals surface area contributed by atoms with Gasteiger partial charge in [0.1, 0.15) is 6.10 Å². The number of carbonyl (C=O) groups excluding carboxylic acids is 1. The minimum atomic E-state index is -0.732. The van der Waals surface area contributed by atoms with E-state index in [1.54, 1.807) is 0 Å². The van der Waals surface area contributed by atoms with Crippen molar-refractivity contribution in [2.45, 2.75) is 6.10 Å². The van der Waals surface area contributed by atoms with E-state index >= 15 is 0 Å². The lowest BCUT2D eigenvalue weighted by atomic mass is 10.3. The molecule has 0 aromatic carbocycles. The van der Waals surface area contributed by atoms with Crippen LogP contribution in [0.15, 0.2) is 25.3 Å². The fraction of sp³-hybridized carbons (Fsp3) is 0.286. The lowest BCUT2D eigenvalue weighted by Crippen LogP contribution is -2.12. The molecule has 0 aromatic heterocycles. The number of methoxy groups -OCH3 is 1. The topological polar surface area (TPSA) is 35.5 Å². The van der Waals surface area contributed by atoms with Crippen molar-refractivity contribution in [3.8, 4) is 0 Å². The Kier molecular flexibility index (Phi) is 4.04. The molecular formula is C7H10O3. The van der Waals surface area contributed by atoms with Gasteiger partial charge >= 0.3 is 6.16 Å². The quantitative estimate of drug-likeness (QED) is 0.442. The van der Waals surface area contributed by atoms with Crippen LogP contribution in [0.2, 0.25) is 0 Å². The smallest absolute Gasteiger partial charge is 0.438 e. The molecule has 3 heteroatoms. The fourth-order valence-electron chi connectivity index (χ4n) is 0.352. The summed E-state index contributed by atoms with van der Waals surface area (Å²) in [5.41, 5.74) is 0. The van der Waals surface area contributed by atoms with Gasteiger partial charge in [-0.3, -0.25) is 0 Å². The molecule has 0 unspecified atom stereocenters. The molecule has 0 fully saturated rings. The monoisotopic (exact) mass is 142 g/mol. The van der Waals surface area contributed by atoms with Gasteiger partial charge in [0.15, 0.2) is 0 Å². The third-order valence-corrected chi connectivity index (χ3v) is 0.864. The van der Waals surface area contributed by atoms with Crippen molar-refractivity contribution in [1.29, 1.82) is 0 Å². The van der Waals surface area contributed by atoms with E-state index in [9.17, 15) is 4.79 Å². The maximum atomic E-state index is 10.4. The van der Waals surface area contributed by atoms with E-state index in [-0.39, 0.29) is 0 Å². The van der Waals surface area contributed by atoms with Crippen LogP contribution < -0.4 is 0 Å². The Morgan fingerprint density at radius 2 is 2.00 bits per heavy atom. The van der Waals surface area contributed by atoms with Crippen LogP contribution in [-0.4, -0.2) is 19.4 Å². The predicted octanol–water partition coefficient (Wildman–Crippen LogP) is 1.51. The highest BCUT2D eigenvalue weighted by molar-refractivity contribution is 5.60. The molecule has 0 aliphatic carbocycles. The van der Waals surface area contributed by atoms with Crippen molar-refractivity contribution in [2.24, 2.45) is 0 Å². The summed E-state index contributed by atoms with van der Waals surface area (Å²) in [6, 6.07) is 0. The average molecular weight is 142 g/mol. The summed E-state index contributed by atoms with van der Waals surface area (Å²) in [5, 5.41) is 0. The van der Waals surface area contributed by atoms with Gasteiger partial charge in [-0.25, -0.2) is 4.79 Å². The first kappa shape index (κ1) is 8.75. The zero-order chi connectivity index (χ0) is 7.98. The Morgan fingerprint density at radius 3 is 2.30 bits per heavy atom. The maximum absolute atomic E-state index is 10.4. The molecule has 0 aromatic rings. The Hall–Kier alpha value is -1.25. The molecule has 0 amide bonds. The van der Waals surface area contributed by atoms with Crippen molar-refractivity contribution in [2.75, 3.05) is 7.11 Å². The van der Waals surface area contributed by atoms with E-state index in [0.29, 0.717) is 0 Å². The molecule has 3 nitrogen and oxygen atoms in total. The second-order valence-corrected chi connectivity index (χ2v) is 1.51. The van der Waals surface area contributed by atoms with E-state index in [4.69, 9.17) is 0 Å². The molecule has 56 valence electrons. The number of carbonyl (C=O) groups is 1. The average Bonchev–Trinajstić information content (AvgIpc) is 1.99. The second kappa shape index (κ2) is 4.61. The van der Waals surface area contributed by atoms with Crippen LogP contribution in [0.1, 0.15) is 0 Å². The van der Waals surface area contributed by atoms with E-state index in [1.165, 1.54) is 19.3 Å². The van der Waals surface area contributed by atoms with Crippen molar-refractivity contribution in [3.05, 3.63) is 25.3 Å². The van der Waals surface area contributed by atoms with E-state index in [2.05, 4.69) is 22.6 Å². The number of ether oxygens (including phenoxy) is 2. The minimum absolute atomic E-state index is 0.465. The van der Waals surface area contributed by atoms with E-state index in [0.717, 1.165) is 0 Å². The minimum Gasteiger partial charge on any atom is -0.438 e. The molecule has 0 saturated heterocycles. The zero-order valence-electron chi connectivity index (χ0n) is 5.87. The molecule has 0 rings (SSSR count). The van der Waals surface area contributed by atoms with Gasteiger partial charge in [0, 0.05) is 0 Å². The highest BCUT2D eigenvalue weighted by Crippen LogP contribution is 1.95. The maximum Gasteiger partial charge on any atom is 0.508 e. The van der Waals surface area contributed by atoms with Gasteiger partial charge in [0.05, 0.1) is 7.11 Å². The van der Waals surface area contributed by atoms with E-state index in [1.807, 2.05) is 0 Å². The summed E-state index contributed by atoms with van der Waals surface area (Å²) in [5.74, 6) is 0. The summed E-state index contributed by atoms with van der Waals surface area (Å²) in [6.07, 6.45) is 1.70. The standard InChI is InChI=1S/C7H10O3/c1-4-6(5-2)10-7(8)9-3/h4-6H,1-2H2,3H3. The fourth-order valence-corrected chi connectivity index (χ4v) is 0.352. The second-order valence-electron chi connectivity index (χ2n) is 1.51. The van der Waals surface area contributed by atoms with Gasteiger partial charge < -0.3 is 9.47 Å². The molecule has 0 saturated carbocycles. The molecule has 0 radical (unpaired) electrons. The molecule has 0 spiro atoms. The summed E-state index contributed by atoms with van der Waals surface area (Å²) in [4.78, 5) is 10.4. The third kappa shape index (κ3) is 2.91. The molecule has 0 bridgehead atoms. The lowest BCUT2D eigenvalue weighted by molar-refractivity contribution is 0.0652. The highest BCUT2D eigenvalue weighted by atomic mass is 16.7. The molecule has 0 aliphatic heterocycles. The van der Waals surface area contributed by atoms with Gasteiger partial charge in [-0.2, -0.15) is 0 Å². The van der Waals surface area contributed by atoms with Crippen molar-refractivity contribution in [3.63, 3.8) is 0 Å². The molecule has 10 heavy (non-hydrogen) atoms. The van der Waals surface area contributed by atoms with Crippen molar-refractivity contribution < 1.29 is 14.3 Å². The van der Waals surface area contributed by atoms with Crippen LogP contribution in [0, 0.1) is 0 Å². The Bertz CT molecular complexity index is 132. The zero-order valence-corrected chi connectivity index (χ0v) is 5.87. The first-order valence-corrected chi connectivity index (χ1v) is 2.74. The molecule has 0 heterocycles. The Balaban J connectivity index is 3.73. The van der Waals surface area contributed by atoms with Gasteiger partial charge in [-0.1, -0.05) is 13.2 Å². The van der Waals surface area contributed by atoms with Gasteiger partial charge in [-0.15, -0.1) is 0 Å². The highest BCUT2D eigenvalue weighted by Gasteiger charge is 2.05. The third-order valence-electron chi connectivity index (χ3n) is 0.864. The largest absolute Gasteiger partial charge is 0.508 e. The summed E-state index contributed by atoms with van der Waals surface area (Å²) < 4.78 is 8.83. The normalized spacial score (nSPS) is 8.60. The van der Waals surface area contributed by atoms with Crippen LogP contribution >= 0.6 is 0 Å². The summed E-state index contributed by atoms with van der Waals surface area (Å²) in [7, 11) is 1.24. The van der Waals surface area contributed by atoms with Crippen molar-refractivity contribution >= 4 is 6.16 Å². The van der Waals surface area contributed by atoms with Crippen LogP contribution in [0.5, 0.6) is 0 Å². The lowest BCUT2D eigenvalue weighted by Gasteiger charge is -2.06. The summed E-state index contributed by atoms with van der Waals surface area (Å²) >= 11 is 0. The van der Waals surface area contributed by atoms with Crippen LogP contribution in [0.4, 0.5) is 4.79 Å². The van der Waals surface area contributed by atoms with Crippen LogP contribution in [-0.2, 0) is 9.47 Å². The van der Waals surface area contributed by atoms with Crippen molar-refractivity contribution in [1.82, 2.24) is 0 Å². The predicted molar refractivity (Wildman–Crippen MR) is 37.7 cm³/mol. The SMILES string of the molecule is C=CC(C=C)OC(=O)OC. The number of rotatable bonds is 3. The van der Waals surface area contributed by atoms with Crippen LogP contribution in [0.25, 0.3) is 0 Å². The first-order chi connectivity index (χ1) is 4.74. The summed E-state index contributed by atoms with van der Waals surface area (Å²) in [6.45, 7) is 6.83. The molecule has 0 atom stereocenters. The number of hydrogen-bond acceptors (Lipinski definition) is 3. The van der Waals surface area contributed by atoms with Gasteiger partial charge in [-0.05, 0) is 12.2 Å². The molecular weight excluding hydrogens is 132 g/mol. The number of hydrogen-bond donors (Lipinski definition) is 0.